The van der Waals surface area contributed by atoms with E-state index in [1.54, 1.807) is 13.2 Å². The second-order valence-electron chi connectivity index (χ2n) is 2.87. The highest BCUT2D eigenvalue weighted by Gasteiger charge is 1.96. The maximum atomic E-state index is 3.93. The van der Waals surface area contributed by atoms with Crippen molar-refractivity contribution < 1.29 is 0 Å². The lowest BCUT2D eigenvalue weighted by molar-refractivity contribution is 0.654. The van der Waals surface area contributed by atoms with Gasteiger partial charge in [-0.2, -0.15) is 0 Å². The molecule has 0 aromatic rings. The van der Waals surface area contributed by atoms with Gasteiger partial charge < -0.3 is 0 Å². The average Bonchev–Trinajstić information content (AvgIpc) is 1.87. The maximum absolute atomic E-state index is 3.93. The van der Waals surface area contributed by atoms with E-state index in [-0.39, 0.29) is 0 Å². The van der Waals surface area contributed by atoms with Gasteiger partial charge in [0.15, 0.2) is 0 Å². The Labute approximate surface area is 68.8 Å². The van der Waals surface area contributed by atoms with E-state index in [4.69, 9.17) is 0 Å². The summed E-state index contributed by atoms with van der Waals surface area (Å²) in [6.45, 7) is 7.74. The molecule has 0 N–H and O–H groups in total. The summed E-state index contributed by atoms with van der Waals surface area (Å²) in [6.07, 6.45) is 4.60. The van der Waals surface area contributed by atoms with Crippen LogP contribution in [0.15, 0.2) is 21.8 Å². The molecule has 0 bridgehead atoms. The van der Waals surface area contributed by atoms with Crippen molar-refractivity contribution >= 4 is 12.9 Å². The smallest absolute Gasteiger partial charge is 0.0307 e. The minimum atomic E-state index is 0.640. The van der Waals surface area contributed by atoms with Crippen LogP contribution in [0.5, 0.6) is 0 Å². The van der Waals surface area contributed by atoms with Crippen LogP contribution in [0.2, 0.25) is 0 Å². The minimum Gasteiger partial charge on any atom is -0.296 e. The van der Waals surface area contributed by atoms with Crippen LogP contribution < -0.4 is 0 Å². The molecular weight excluding hydrogens is 136 g/mol. The van der Waals surface area contributed by atoms with Crippen LogP contribution in [-0.4, -0.2) is 20.0 Å². The van der Waals surface area contributed by atoms with Crippen molar-refractivity contribution in [1.29, 1.82) is 0 Å². The first-order valence-electron chi connectivity index (χ1n) is 3.77. The van der Waals surface area contributed by atoms with Gasteiger partial charge in [-0.25, -0.2) is 0 Å². The zero-order chi connectivity index (χ0) is 8.69. The number of rotatable bonds is 4. The third-order valence-electron chi connectivity index (χ3n) is 1.20. The quantitative estimate of drug-likeness (QED) is 0.552. The van der Waals surface area contributed by atoms with Crippen molar-refractivity contribution in [2.45, 2.75) is 20.3 Å². The Morgan fingerprint density at radius 1 is 1.55 bits per heavy atom. The van der Waals surface area contributed by atoms with Crippen LogP contribution in [0.25, 0.3) is 0 Å². The summed E-state index contributed by atoms with van der Waals surface area (Å²) in [5.74, 6) is 0.640. The van der Waals surface area contributed by atoms with Crippen molar-refractivity contribution in [3.05, 3.63) is 11.8 Å². The van der Waals surface area contributed by atoms with Crippen LogP contribution in [-0.2, 0) is 0 Å². The standard InChI is InChI=1S/C9H16N2/c1-8(2)5-9(6-10-3)7-11-4/h6-8H,3,5H2,1-2,4H3/b9-6-,11-7-. The summed E-state index contributed by atoms with van der Waals surface area (Å²) < 4.78 is 0. The molecule has 0 amide bonds. The number of allylic oxidation sites excluding steroid dienone is 1. The summed E-state index contributed by atoms with van der Waals surface area (Å²) in [6, 6.07) is 0. The Kier molecular flexibility index (Phi) is 5.35. The van der Waals surface area contributed by atoms with Crippen LogP contribution in [0.4, 0.5) is 0 Å². The van der Waals surface area contributed by atoms with E-state index in [0.29, 0.717) is 5.92 Å². The first kappa shape index (κ1) is 10.1. The van der Waals surface area contributed by atoms with E-state index in [2.05, 4.69) is 30.5 Å². The molecule has 2 nitrogen and oxygen atoms in total. The van der Waals surface area contributed by atoms with Crippen molar-refractivity contribution in [2.24, 2.45) is 15.9 Å². The largest absolute Gasteiger partial charge is 0.296 e. The fourth-order valence-corrected chi connectivity index (χ4v) is 0.893. The van der Waals surface area contributed by atoms with Gasteiger partial charge in [0.2, 0.25) is 0 Å². The Hall–Kier alpha value is -0.920. The molecule has 11 heavy (non-hydrogen) atoms. The SMILES string of the molecule is C=N/C=C(\C=N/C)CC(C)C. The van der Waals surface area contributed by atoms with Crippen molar-refractivity contribution in [1.82, 2.24) is 0 Å². The third kappa shape index (κ3) is 5.52. The highest BCUT2D eigenvalue weighted by molar-refractivity contribution is 5.78. The second-order valence-corrected chi connectivity index (χ2v) is 2.87. The molecule has 2 heteroatoms. The van der Waals surface area contributed by atoms with E-state index in [0.717, 1.165) is 12.0 Å². The summed E-state index contributed by atoms with van der Waals surface area (Å²) >= 11 is 0. The molecule has 0 aliphatic rings. The van der Waals surface area contributed by atoms with Gasteiger partial charge in [0.25, 0.3) is 0 Å². The lowest BCUT2D eigenvalue weighted by Gasteiger charge is -2.02. The molecule has 0 unspecified atom stereocenters. The normalized spacial score (nSPS) is 12.9. The molecule has 0 spiro atoms. The van der Waals surface area contributed by atoms with Crippen LogP contribution >= 0.6 is 0 Å². The monoisotopic (exact) mass is 152 g/mol. The Morgan fingerprint density at radius 3 is 2.55 bits per heavy atom. The zero-order valence-electron chi connectivity index (χ0n) is 7.54. The maximum Gasteiger partial charge on any atom is 0.0307 e. The summed E-state index contributed by atoms with van der Waals surface area (Å²) in [5.41, 5.74) is 1.14. The molecule has 0 aromatic heterocycles. The topological polar surface area (TPSA) is 24.7 Å². The summed E-state index contributed by atoms with van der Waals surface area (Å²) in [4.78, 5) is 7.63. The molecule has 0 saturated carbocycles. The van der Waals surface area contributed by atoms with Crippen molar-refractivity contribution in [3.63, 3.8) is 0 Å². The molecule has 0 aliphatic carbocycles. The molecule has 0 rings (SSSR count). The van der Waals surface area contributed by atoms with E-state index in [9.17, 15) is 0 Å². The molecule has 0 fully saturated rings. The lowest BCUT2D eigenvalue weighted by Crippen LogP contribution is -1.92. The van der Waals surface area contributed by atoms with Gasteiger partial charge in [0.05, 0.1) is 0 Å². The van der Waals surface area contributed by atoms with Gasteiger partial charge in [-0.1, -0.05) is 13.8 Å². The number of nitrogens with zero attached hydrogens (tertiary/aromatic N) is 2. The fraction of sp³-hybridized carbons (Fsp3) is 0.556. The summed E-state index contributed by atoms with van der Waals surface area (Å²) in [7, 11) is 1.76. The summed E-state index contributed by atoms with van der Waals surface area (Å²) in [5, 5.41) is 0. The number of hydrogen-bond acceptors (Lipinski definition) is 2. The van der Waals surface area contributed by atoms with E-state index < -0.39 is 0 Å². The second kappa shape index (κ2) is 5.83. The third-order valence-corrected chi connectivity index (χ3v) is 1.20. The number of aliphatic imine (C=N–C) groups is 2. The Morgan fingerprint density at radius 2 is 2.18 bits per heavy atom. The predicted molar refractivity (Wildman–Crippen MR) is 51.5 cm³/mol. The van der Waals surface area contributed by atoms with Gasteiger partial charge in [-0.15, -0.1) is 0 Å². The van der Waals surface area contributed by atoms with Crippen LogP contribution in [0.1, 0.15) is 20.3 Å². The van der Waals surface area contributed by atoms with Crippen LogP contribution in [0.3, 0.4) is 0 Å². The Balaban J connectivity index is 4.11. The van der Waals surface area contributed by atoms with Crippen LogP contribution in [0, 0.1) is 5.92 Å². The highest BCUT2D eigenvalue weighted by Crippen LogP contribution is 2.08. The predicted octanol–water partition coefficient (Wildman–Crippen LogP) is 2.32. The Bertz CT molecular complexity index is 166. The van der Waals surface area contributed by atoms with Crippen molar-refractivity contribution in [2.75, 3.05) is 7.05 Å². The molecule has 0 radical (unpaired) electrons. The molecule has 0 atom stereocenters. The zero-order valence-corrected chi connectivity index (χ0v) is 7.54. The van der Waals surface area contributed by atoms with E-state index in [1.807, 2.05) is 6.21 Å². The molecule has 0 aromatic carbocycles. The molecule has 62 valence electrons. The fourth-order valence-electron chi connectivity index (χ4n) is 0.893. The molecule has 0 aliphatic heterocycles. The first-order valence-corrected chi connectivity index (χ1v) is 3.77. The van der Waals surface area contributed by atoms with Crippen molar-refractivity contribution in [3.8, 4) is 0 Å². The average molecular weight is 152 g/mol. The van der Waals surface area contributed by atoms with Gasteiger partial charge in [-0.3, -0.25) is 9.98 Å². The van der Waals surface area contributed by atoms with Gasteiger partial charge in [0, 0.05) is 19.5 Å². The van der Waals surface area contributed by atoms with Gasteiger partial charge in [0.1, 0.15) is 0 Å². The molecule has 0 heterocycles. The highest BCUT2D eigenvalue weighted by atomic mass is 14.7. The molecular formula is C9H16N2. The van der Waals surface area contributed by atoms with Gasteiger partial charge >= 0.3 is 0 Å². The number of hydrogen-bond donors (Lipinski definition) is 0. The van der Waals surface area contributed by atoms with Gasteiger partial charge in [-0.05, 0) is 24.6 Å². The van der Waals surface area contributed by atoms with E-state index >= 15 is 0 Å². The van der Waals surface area contributed by atoms with E-state index in [1.165, 1.54) is 0 Å². The first-order chi connectivity index (χ1) is 5.20. The lowest BCUT2D eigenvalue weighted by atomic mass is 10.1. The molecule has 0 saturated heterocycles. The minimum absolute atomic E-state index is 0.640.